The SMILES string of the molecule is CC(C)c1cc([C@@H]2CCCN2S(=O)(=O)c2ccccc2F)no1. The van der Waals surface area contributed by atoms with Crippen LogP contribution in [0.2, 0.25) is 0 Å². The molecule has 23 heavy (non-hydrogen) atoms. The van der Waals surface area contributed by atoms with Gasteiger partial charge in [-0.1, -0.05) is 31.1 Å². The molecule has 1 aromatic heterocycles. The molecule has 0 bridgehead atoms. The van der Waals surface area contributed by atoms with Crippen LogP contribution in [0, 0.1) is 5.82 Å². The van der Waals surface area contributed by atoms with Crippen molar-refractivity contribution in [3.63, 3.8) is 0 Å². The minimum Gasteiger partial charge on any atom is -0.361 e. The monoisotopic (exact) mass is 338 g/mol. The van der Waals surface area contributed by atoms with Crippen molar-refractivity contribution in [2.24, 2.45) is 0 Å². The zero-order chi connectivity index (χ0) is 16.6. The van der Waals surface area contributed by atoms with Crippen molar-refractivity contribution in [3.05, 3.63) is 47.6 Å². The van der Waals surface area contributed by atoms with Gasteiger partial charge < -0.3 is 4.52 Å². The number of hydrogen-bond donors (Lipinski definition) is 0. The van der Waals surface area contributed by atoms with E-state index in [9.17, 15) is 12.8 Å². The lowest BCUT2D eigenvalue weighted by atomic mass is 10.1. The third-order valence-corrected chi connectivity index (χ3v) is 6.03. The molecule has 0 amide bonds. The average Bonchev–Trinajstić information content (AvgIpc) is 3.16. The first kappa shape index (κ1) is 16.1. The number of nitrogens with zero attached hydrogens (tertiary/aromatic N) is 2. The van der Waals surface area contributed by atoms with E-state index in [0.717, 1.165) is 11.8 Å². The number of halogens is 1. The van der Waals surface area contributed by atoms with Crippen molar-refractivity contribution >= 4 is 10.0 Å². The van der Waals surface area contributed by atoms with Crippen LogP contribution in [0.15, 0.2) is 39.8 Å². The molecular formula is C16H19FN2O3S. The van der Waals surface area contributed by atoms with Crippen LogP contribution in [0.3, 0.4) is 0 Å². The van der Waals surface area contributed by atoms with E-state index in [4.69, 9.17) is 4.52 Å². The maximum atomic E-state index is 13.9. The second kappa shape index (κ2) is 6.05. The fraction of sp³-hybridized carbons (Fsp3) is 0.438. The summed E-state index contributed by atoms with van der Waals surface area (Å²) in [5.74, 6) is 0.158. The summed E-state index contributed by atoms with van der Waals surface area (Å²) in [5, 5.41) is 4.02. The van der Waals surface area contributed by atoms with E-state index in [2.05, 4.69) is 5.16 Å². The van der Waals surface area contributed by atoms with Crippen LogP contribution < -0.4 is 0 Å². The topological polar surface area (TPSA) is 63.4 Å². The highest BCUT2D eigenvalue weighted by atomic mass is 32.2. The van der Waals surface area contributed by atoms with E-state index in [1.54, 1.807) is 6.07 Å². The van der Waals surface area contributed by atoms with Crippen LogP contribution in [0.25, 0.3) is 0 Å². The maximum Gasteiger partial charge on any atom is 0.246 e. The van der Waals surface area contributed by atoms with Gasteiger partial charge in [0, 0.05) is 18.5 Å². The molecule has 1 aliphatic rings. The fourth-order valence-corrected chi connectivity index (χ4v) is 4.57. The zero-order valence-electron chi connectivity index (χ0n) is 13.1. The van der Waals surface area contributed by atoms with Gasteiger partial charge in [-0.15, -0.1) is 0 Å². The van der Waals surface area contributed by atoms with Gasteiger partial charge in [-0.05, 0) is 25.0 Å². The molecule has 0 spiro atoms. The summed E-state index contributed by atoms with van der Waals surface area (Å²) >= 11 is 0. The molecule has 2 aromatic rings. The molecule has 1 saturated heterocycles. The van der Waals surface area contributed by atoms with E-state index in [0.29, 0.717) is 25.1 Å². The summed E-state index contributed by atoms with van der Waals surface area (Å²) in [5.41, 5.74) is 0.589. The third kappa shape index (κ3) is 2.90. The van der Waals surface area contributed by atoms with Gasteiger partial charge in [0.15, 0.2) is 0 Å². The van der Waals surface area contributed by atoms with Crippen LogP contribution in [-0.4, -0.2) is 24.4 Å². The Kier molecular flexibility index (Phi) is 4.25. The quantitative estimate of drug-likeness (QED) is 0.856. The second-order valence-electron chi connectivity index (χ2n) is 6.01. The number of rotatable bonds is 4. The van der Waals surface area contributed by atoms with Crippen molar-refractivity contribution in [3.8, 4) is 0 Å². The van der Waals surface area contributed by atoms with Crippen LogP contribution >= 0.6 is 0 Å². The van der Waals surface area contributed by atoms with E-state index in [-0.39, 0.29) is 10.8 Å². The van der Waals surface area contributed by atoms with E-state index in [1.807, 2.05) is 13.8 Å². The first-order valence-electron chi connectivity index (χ1n) is 7.64. The highest BCUT2D eigenvalue weighted by molar-refractivity contribution is 7.89. The maximum absolute atomic E-state index is 13.9. The van der Waals surface area contributed by atoms with Gasteiger partial charge in [-0.3, -0.25) is 0 Å². The fourth-order valence-electron chi connectivity index (χ4n) is 2.84. The molecule has 0 unspecified atom stereocenters. The Labute approximate surface area is 135 Å². The Morgan fingerprint density at radius 1 is 1.35 bits per heavy atom. The second-order valence-corrected chi connectivity index (χ2v) is 7.87. The first-order chi connectivity index (χ1) is 10.9. The van der Waals surface area contributed by atoms with Crippen molar-refractivity contribution in [1.29, 1.82) is 0 Å². The molecule has 1 atom stereocenters. The highest BCUT2D eigenvalue weighted by Gasteiger charge is 2.39. The molecular weight excluding hydrogens is 319 g/mol. The van der Waals surface area contributed by atoms with Crippen molar-refractivity contribution < 1.29 is 17.3 Å². The molecule has 0 saturated carbocycles. The molecule has 1 fully saturated rings. The molecule has 0 aliphatic carbocycles. The summed E-state index contributed by atoms with van der Waals surface area (Å²) < 4.78 is 46.2. The summed E-state index contributed by atoms with van der Waals surface area (Å²) in [6.07, 6.45) is 1.36. The lowest BCUT2D eigenvalue weighted by molar-refractivity contribution is 0.337. The Morgan fingerprint density at radius 2 is 2.09 bits per heavy atom. The minimum atomic E-state index is -3.90. The van der Waals surface area contributed by atoms with E-state index in [1.165, 1.54) is 22.5 Å². The lowest BCUT2D eigenvalue weighted by Gasteiger charge is -2.22. The molecule has 124 valence electrons. The van der Waals surface area contributed by atoms with Gasteiger partial charge >= 0.3 is 0 Å². The standard InChI is InChI=1S/C16H19FN2O3S/c1-11(2)15-10-13(18-22-15)14-7-5-9-19(14)23(20,21)16-8-4-3-6-12(16)17/h3-4,6,8,10-11,14H,5,7,9H2,1-2H3/t14-/m0/s1. The van der Waals surface area contributed by atoms with Gasteiger partial charge in [-0.2, -0.15) is 4.31 Å². The third-order valence-electron chi connectivity index (χ3n) is 4.08. The van der Waals surface area contributed by atoms with Crippen LogP contribution in [0.5, 0.6) is 0 Å². The normalized spacial score (nSPS) is 19.6. The summed E-state index contributed by atoms with van der Waals surface area (Å²) in [6, 6.07) is 6.84. The Morgan fingerprint density at radius 3 is 2.74 bits per heavy atom. The summed E-state index contributed by atoms with van der Waals surface area (Å²) in [7, 11) is -3.90. The van der Waals surface area contributed by atoms with Gasteiger partial charge in [0.1, 0.15) is 22.2 Å². The molecule has 5 nitrogen and oxygen atoms in total. The summed E-state index contributed by atoms with van der Waals surface area (Å²) in [4.78, 5) is -0.292. The molecule has 0 radical (unpaired) electrons. The highest BCUT2D eigenvalue weighted by Crippen LogP contribution is 2.37. The molecule has 7 heteroatoms. The van der Waals surface area contributed by atoms with E-state index < -0.39 is 21.9 Å². The minimum absolute atomic E-state index is 0.175. The van der Waals surface area contributed by atoms with Gasteiger partial charge in [-0.25, -0.2) is 12.8 Å². The predicted octanol–water partition coefficient (Wildman–Crippen LogP) is 3.46. The van der Waals surface area contributed by atoms with Crippen molar-refractivity contribution in [2.75, 3.05) is 6.54 Å². The molecule has 2 heterocycles. The average molecular weight is 338 g/mol. The Balaban J connectivity index is 1.96. The molecule has 0 N–H and O–H groups in total. The van der Waals surface area contributed by atoms with Gasteiger partial charge in [0.25, 0.3) is 0 Å². The molecule has 1 aromatic carbocycles. The molecule has 1 aliphatic heterocycles. The Bertz CT molecular complexity index is 801. The first-order valence-corrected chi connectivity index (χ1v) is 9.08. The lowest BCUT2D eigenvalue weighted by Crippen LogP contribution is -2.31. The van der Waals surface area contributed by atoms with E-state index >= 15 is 0 Å². The Hall–Kier alpha value is -1.73. The van der Waals surface area contributed by atoms with Crippen LogP contribution in [0.4, 0.5) is 4.39 Å². The number of sulfonamides is 1. The van der Waals surface area contributed by atoms with Crippen molar-refractivity contribution in [2.45, 2.75) is 43.5 Å². The summed E-state index contributed by atoms with van der Waals surface area (Å²) in [6.45, 7) is 4.31. The smallest absolute Gasteiger partial charge is 0.246 e. The largest absolute Gasteiger partial charge is 0.361 e. The number of benzene rings is 1. The number of hydrogen-bond acceptors (Lipinski definition) is 4. The van der Waals surface area contributed by atoms with Gasteiger partial charge in [0.2, 0.25) is 10.0 Å². The van der Waals surface area contributed by atoms with Crippen molar-refractivity contribution in [1.82, 2.24) is 9.46 Å². The zero-order valence-corrected chi connectivity index (χ0v) is 13.9. The predicted molar refractivity (Wildman–Crippen MR) is 82.9 cm³/mol. The van der Waals surface area contributed by atoms with Gasteiger partial charge in [0.05, 0.1) is 6.04 Å². The van der Waals surface area contributed by atoms with Crippen LogP contribution in [-0.2, 0) is 10.0 Å². The molecule has 3 rings (SSSR count). The van der Waals surface area contributed by atoms with Crippen LogP contribution in [0.1, 0.15) is 50.1 Å². The number of aromatic nitrogens is 1.